The maximum absolute atomic E-state index is 2.28. The summed E-state index contributed by atoms with van der Waals surface area (Å²) in [5.41, 5.74) is 2.77. The monoisotopic (exact) mass is 210 g/mol. The predicted molar refractivity (Wildman–Crippen MR) is 71.1 cm³/mol. The van der Waals surface area contributed by atoms with E-state index in [1.54, 1.807) is 0 Å². The van der Waals surface area contributed by atoms with Gasteiger partial charge in [-0.05, 0) is 17.6 Å². The number of rotatable bonds is 1. The van der Waals surface area contributed by atoms with E-state index in [1.807, 2.05) is 0 Å². The summed E-state index contributed by atoms with van der Waals surface area (Å²) in [5.74, 6) is 0. The van der Waals surface area contributed by atoms with E-state index in [2.05, 4.69) is 74.6 Å². The normalized spacial score (nSPS) is 22.8. The fourth-order valence-electron chi connectivity index (χ4n) is 1.84. The van der Waals surface area contributed by atoms with Crippen LogP contribution in [0.2, 0.25) is 0 Å². The van der Waals surface area contributed by atoms with Gasteiger partial charge in [-0.1, -0.05) is 74.6 Å². The van der Waals surface area contributed by atoms with Crippen molar-refractivity contribution >= 4 is 5.57 Å². The molecule has 2 rings (SSSR count). The molecule has 0 unspecified atom stereocenters. The van der Waals surface area contributed by atoms with Crippen molar-refractivity contribution in [2.45, 2.75) is 20.3 Å². The molecule has 1 aromatic rings. The van der Waals surface area contributed by atoms with E-state index >= 15 is 0 Å². The van der Waals surface area contributed by atoms with E-state index in [4.69, 9.17) is 0 Å². The Morgan fingerprint density at radius 3 is 2.50 bits per heavy atom. The number of hydrogen-bond acceptors (Lipinski definition) is 0. The van der Waals surface area contributed by atoms with Crippen LogP contribution in [-0.4, -0.2) is 0 Å². The molecule has 1 aliphatic carbocycles. The van der Waals surface area contributed by atoms with Gasteiger partial charge in [-0.15, -0.1) is 0 Å². The van der Waals surface area contributed by atoms with E-state index in [1.165, 1.54) is 11.1 Å². The Kier molecular flexibility index (Phi) is 3.09. The molecule has 0 fully saturated rings. The van der Waals surface area contributed by atoms with Crippen molar-refractivity contribution in [3.63, 3.8) is 0 Å². The van der Waals surface area contributed by atoms with Gasteiger partial charge in [-0.2, -0.15) is 0 Å². The van der Waals surface area contributed by atoms with Crippen molar-refractivity contribution in [3.05, 3.63) is 66.3 Å². The van der Waals surface area contributed by atoms with Gasteiger partial charge in [0.25, 0.3) is 0 Å². The molecule has 0 heterocycles. The second-order valence-corrected chi connectivity index (χ2v) is 4.82. The third kappa shape index (κ3) is 2.73. The molecule has 0 aromatic heterocycles. The van der Waals surface area contributed by atoms with Gasteiger partial charge in [-0.25, -0.2) is 0 Å². The Balaban J connectivity index is 2.33. The maximum Gasteiger partial charge on any atom is 0.000784 e. The molecule has 82 valence electrons. The lowest BCUT2D eigenvalue weighted by molar-refractivity contribution is 0.624. The van der Waals surface area contributed by atoms with Crippen LogP contribution in [0.15, 0.2) is 60.7 Å². The van der Waals surface area contributed by atoms with Crippen molar-refractivity contribution in [2.24, 2.45) is 5.41 Å². The summed E-state index contributed by atoms with van der Waals surface area (Å²) < 4.78 is 0. The smallest absolute Gasteiger partial charge is 0.000784 e. The minimum absolute atomic E-state index is 0.161. The molecule has 0 radical (unpaired) electrons. The minimum Gasteiger partial charge on any atom is -0.0839 e. The zero-order valence-corrected chi connectivity index (χ0v) is 9.98. The van der Waals surface area contributed by atoms with E-state index in [0.717, 1.165) is 6.42 Å². The first-order valence-electron chi connectivity index (χ1n) is 5.80. The highest BCUT2D eigenvalue weighted by molar-refractivity contribution is 5.74. The first kappa shape index (κ1) is 10.9. The first-order valence-corrected chi connectivity index (χ1v) is 5.80. The number of hydrogen-bond donors (Lipinski definition) is 0. The molecule has 0 spiro atoms. The largest absolute Gasteiger partial charge is 0.0839 e. The summed E-state index contributed by atoms with van der Waals surface area (Å²) in [6.45, 7) is 4.46. The summed E-state index contributed by atoms with van der Waals surface area (Å²) in [7, 11) is 0. The molecule has 1 aliphatic rings. The summed E-state index contributed by atoms with van der Waals surface area (Å²) >= 11 is 0. The fourth-order valence-corrected chi connectivity index (χ4v) is 1.84. The van der Waals surface area contributed by atoms with E-state index in [0.29, 0.717) is 0 Å². The van der Waals surface area contributed by atoms with Crippen molar-refractivity contribution in [2.75, 3.05) is 0 Å². The van der Waals surface area contributed by atoms with Gasteiger partial charge >= 0.3 is 0 Å². The third-order valence-corrected chi connectivity index (χ3v) is 2.82. The van der Waals surface area contributed by atoms with E-state index in [-0.39, 0.29) is 5.41 Å². The standard InChI is InChI=1S/C16H18/c1-16(2)12-7-6-10-15(11-13-16)14-8-4-3-5-9-14/h3-5,7-13H,6H2,1-2H3/b12-7-,13-11-,15-10?. The molecule has 16 heavy (non-hydrogen) atoms. The van der Waals surface area contributed by atoms with Crippen molar-refractivity contribution in [1.29, 1.82) is 0 Å². The highest BCUT2D eigenvalue weighted by Gasteiger charge is 2.10. The van der Waals surface area contributed by atoms with Crippen LogP contribution in [0.1, 0.15) is 25.8 Å². The second-order valence-electron chi connectivity index (χ2n) is 4.82. The Morgan fingerprint density at radius 2 is 1.75 bits per heavy atom. The Hall–Kier alpha value is -1.56. The van der Waals surface area contributed by atoms with Gasteiger partial charge in [0.05, 0.1) is 0 Å². The maximum atomic E-state index is 2.28. The summed E-state index contributed by atoms with van der Waals surface area (Å²) in [6.07, 6.45) is 12.3. The number of benzene rings is 1. The van der Waals surface area contributed by atoms with E-state index < -0.39 is 0 Å². The molecule has 0 heteroatoms. The summed E-state index contributed by atoms with van der Waals surface area (Å²) in [6, 6.07) is 10.6. The van der Waals surface area contributed by atoms with Crippen LogP contribution in [-0.2, 0) is 0 Å². The van der Waals surface area contributed by atoms with Crippen molar-refractivity contribution in [3.8, 4) is 0 Å². The topological polar surface area (TPSA) is 0 Å². The summed E-state index contributed by atoms with van der Waals surface area (Å²) in [5, 5.41) is 0. The third-order valence-electron chi connectivity index (χ3n) is 2.82. The zero-order valence-electron chi connectivity index (χ0n) is 9.98. The van der Waals surface area contributed by atoms with Gasteiger partial charge in [0.1, 0.15) is 0 Å². The van der Waals surface area contributed by atoms with Crippen LogP contribution in [0, 0.1) is 5.41 Å². The molecular weight excluding hydrogens is 192 g/mol. The van der Waals surface area contributed by atoms with Crippen LogP contribution in [0.5, 0.6) is 0 Å². The second kappa shape index (κ2) is 4.52. The van der Waals surface area contributed by atoms with Crippen LogP contribution >= 0.6 is 0 Å². The molecule has 0 nitrogen and oxygen atoms in total. The molecule has 0 bridgehead atoms. The molecule has 0 atom stereocenters. The Morgan fingerprint density at radius 1 is 1.00 bits per heavy atom. The highest BCUT2D eigenvalue weighted by atomic mass is 14.1. The lowest BCUT2D eigenvalue weighted by atomic mass is 9.89. The molecule has 0 saturated heterocycles. The molecule has 0 aliphatic heterocycles. The average molecular weight is 210 g/mol. The molecule has 0 saturated carbocycles. The quantitative estimate of drug-likeness (QED) is 0.594. The van der Waals surface area contributed by atoms with Crippen molar-refractivity contribution < 1.29 is 0 Å². The summed E-state index contributed by atoms with van der Waals surface area (Å²) in [4.78, 5) is 0. The fraction of sp³-hybridized carbons (Fsp3) is 0.250. The zero-order chi connectivity index (χ0) is 11.4. The van der Waals surface area contributed by atoms with Gasteiger partial charge in [0, 0.05) is 5.41 Å². The lowest BCUT2D eigenvalue weighted by Gasteiger charge is -2.16. The van der Waals surface area contributed by atoms with Crippen LogP contribution in [0.25, 0.3) is 5.57 Å². The molecule has 0 amide bonds. The molecule has 1 aromatic carbocycles. The predicted octanol–water partition coefficient (Wildman–Crippen LogP) is 4.61. The van der Waals surface area contributed by atoms with Crippen LogP contribution in [0.3, 0.4) is 0 Å². The van der Waals surface area contributed by atoms with Gasteiger partial charge in [-0.3, -0.25) is 0 Å². The Labute approximate surface area is 98.0 Å². The van der Waals surface area contributed by atoms with Gasteiger partial charge < -0.3 is 0 Å². The average Bonchev–Trinajstić information content (AvgIpc) is 2.26. The van der Waals surface area contributed by atoms with Gasteiger partial charge in [0.15, 0.2) is 0 Å². The lowest BCUT2D eigenvalue weighted by Crippen LogP contribution is -2.03. The molecular formula is C16H18. The van der Waals surface area contributed by atoms with Crippen molar-refractivity contribution in [1.82, 2.24) is 0 Å². The van der Waals surface area contributed by atoms with E-state index in [9.17, 15) is 0 Å². The van der Waals surface area contributed by atoms with Gasteiger partial charge in [0.2, 0.25) is 0 Å². The SMILES string of the molecule is CC1(C)/C=C\CC=C(c2ccccc2)/C=C\1. The molecule has 0 N–H and O–H groups in total. The Bertz CT molecular complexity index is 430. The minimum atomic E-state index is 0.161. The van der Waals surface area contributed by atoms with Crippen LogP contribution < -0.4 is 0 Å². The first-order chi connectivity index (χ1) is 7.67. The highest BCUT2D eigenvalue weighted by Crippen LogP contribution is 2.25. The van der Waals surface area contributed by atoms with Crippen LogP contribution in [0.4, 0.5) is 0 Å². The number of allylic oxidation sites excluding steroid dienone is 6.